The number of ether oxygens (including phenoxy) is 1. The van der Waals surface area contributed by atoms with Gasteiger partial charge in [0.2, 0.25) is 10.0 Å². The third-order valence-corrected chi connectivity index (χ3v) is 5.82. The van der Waals surface area contributed by atoms with E-state index in [1.165, 1.54) is 0 Å². The molecule has 0 bridgehead atoms. The summed E-state index contributed by atoms with van der Waals surface area (Å²) in [6.07, 6.45) is 1.47. The number of carbonyl (C=O) groups excluding carboxylic acids is 1. The zero-order valence-electron chi connectivity index (χ0n) is 15.5. The van der Waals surface area contributed by atoms with Crippen molar-refractivity contribution in [1.82, 2.24) is 0 Å². The molecule has 0 aliphatic rings. The van der Waals surface area contributed by atoms with Gasteiger partial charge < -0.3 is 9.15 Å². The molecule has 3 rings (SSSR count). The van der Waals surface area contributed by atoms with E-state index in [0.717, 1.165) is 31.6 Å². The van der Waals surface area contributed by atoms with Crippen LogP contribution < -0.4 is 4.31 Å². The highest BCUT2D eigenvalue weighted by molar-refractivity contribution is 9.10. The molecule has 0 saturated carbocycles. The average molecular weight is 466 g/mol. The first-order chi connectivity index (χ1) is 13.2. The number of benzene rings is 2. The van der Waals surface area contributed by atoms with Crippen molar-refractivity contribution in [1.29, 1.82) is 0 Å². The lowest BCUT2D eigenvalue weighted by atomic mass is 10.2. The summed E-state index contributed by atoms with van der Waals surface area (Å²) in [5, 5.41) is 0.957. The van der Waals surface area contributed by atoms with E-state index in [9.17, 15) is 13.2 Å². The van der Waals surface area contributed by atoms with E-state index in [1.807, 2.05) is 30.3 Å². The van der Waals surface area contributed by atoms with Crippen molar-refractivity contribution in [3.63, 3.8) is 0 Å². The number of esters is 1. The van der Waals surface area contributed by atoms with Crippen LogP contribution in [-0.2, 0) is 26.0 Å². The van der Waals surface area contributed by atoms with Gasteiger partial charge in [0.15, 0.2) is 0 Å². The number of rotatable bonds is 7. The maximum Gasteiger partial charge on any atom is 0.326 e. The van der Waals surface area contributed by atoms with Crippen molar-refractivity contribution < 1.29 is 22.4 Å². The monoisotopic (exact) mass is 465 g/mol. The molecule has 0 N–H and O–H groups in total. The lowest BCUT2D eigenvalue weighted by molar-refractivity contribution is -0.141. The average Bonchev–Trinajstić information content (AvgIpc) is 3.01. The minimum absolute atomic E-state index is 0.102. The van der Waals surface area contributed by atoms with Gasteiger partial charge in [-0.25, -0.2) is 8.42 Å². The van der Waals surface area contributed by atoms with E-state index in [1.54, 1.807) is 25.1 Å². The van der Waals surface area contributed by atoms with Crippen LogP contribution in [0.5, 0.6) is 0 Å². The molecule has 0 saturated heterocycles. The molecule has 1 aromatic heterocycles. The highest BCUT2D eigenvalue weighted by atomic mass is 79.9. The fourth-order valence-electron chi connectivity index (χ4n) is 2.85. The molecule has 0 fully saturated rings. The highest BCUT2D eigenvalue weighted by Crippen LogP contribution is 2.24. The van der Waals surface area contributed by atoms with Crippen molar-refractivity contribution in [2.45, 2.75) is 13.3 Å². The quantitative estimate of drug-likeness (QED) is 0.491. The van der Waals surface area contributed by atoms with E-state index in [0.29, 0.717) is 17.9 Å². The molecule has 0 spiro atoms. The summed E-state index contributed by atoms with van der Waals surface area (Å²) in [7, 11) is -3.62. The minimum Gasteiger partial charge on any atom is -0.464 e. The molecule has 1 heterocycles. The van der Waals surface area contributed by atoms with Gasteiger partial charge in [-0.2, -0.15) is 0 Å². The molecule has 8 heteroatoms. The van der Waals surface area contributed by atoms with Gasteiger partial charge in [-0.15, -0.1) is 0 Å². The smallest absolute Gasteiger partial charge is 0.326 e. The first-order valence-corrected chi connectivity index (χ1v) is 11.2. The Bertz CT molecular complexity index is 1110. The van der Waals surface area contributed by atoms with Gasteiger partial charge in [-0.3, -0.25) is 9.10 Å². The SMILES string of the molecule is Cc1ccccc1N(CC(=O)OCCc1cc2cc(Br)ccc2o1)S(C)(=O)=O. The van der Waals surface area contributed by atoms with Crippen LogP contribution in [0, 0.1) is 6.92 Å². The van der Waals surface area contributed by atoms with E-state index in [4.69, 9.17) is 9.15 Å². The van der Waals surface area contributed by atoms with Gasteiger partial charge in [0.1, 0.15) is 17.9 Å². The standard InChI is InChI=1S/C20H20BrNO5S/c1-14-5-3-4-6-18(14)22(28(2,24)25)13-20(23)26-10-9-17-12-15-11-16(21)7-8-19(15)27-17/h3-8,11-12H,9-10,13H2,1-2H3. The van der Waals surface area contributed by atoms with E-state index < -0.39 is 16.0 Å². The largest absolute Gasteiger partial charge is 0.464 e. The summed E-state index contributed by atoms with van der Waals surface area (Å²) in [6.45, 7) is 1.51. The Hall–Kier alpha value is -2.32. The number of aryl methyl sites for hydroxylation is 1. The fraction of sp³-hybridized carbons (Fsp3) is 0.250. The highest BCUT2D eigenvalue weighted by Gasteiger charge is 2.23. The number of hydrogen-bond acceptors (Lipinski definition) is 5. The minimum atomic E-state index is -3.62. The number of sulfonamides is 1. The van der Waals surface area contributed by atoms with Crippen molar-refractivity contribution in [2.24, 2.45) is 0 Å². The van der Waals surface area contributed by atoms with Gasteiger partial charge in [0.05, 0.1) is 18.6 Å². The molecule has 2 aromatic carbocycles. The zero-order valence-corrected chi connectivity index (χ0v) is 17.9. The maximum absolute atomic E-state index is 12.2. The van der Waals surface area contributed by atoms with Crippen LogP contribution in [0.4, 0.5) is 5.69 Å². The fourth-order valence-corrected chi connectivity index (χ4v) is 4.13. The van der Waals surface area contributed by atoms with Crippen molar-refractivity contribution >= 4 is 48.6 Å². The van der Waals surface area contributed by atoms with Gasteiger partial charge in [0, 0.05) is 16.3 Å². The van der Waals surface area contributed by atoms with E-state index in [-0.39, 0.29) is 13.2 Å². The second-order valence-corrected chi connectivity index (χ2v) is 9.24. The Morgan fingerprint density at radius 1 is 1.18 bits per heavy atom. The molecule has 28 heavy (non-hydrogen) atoms. The van der Waals surface area contributed by atoms with Crippen LogP contribution in [0.15, 0.2) is 57.4 Å². The lowest BCUT2D eigenvalue weighted by Gasteiger charge is -2.23. The predicted molar refractivity (Wildman–Crippen MR) is 112 cm³/mol. The lowest BCUT2D eigenvalue weighted by Crippen LogP contribution is -2.36. The van der Waals surface area contributed by atoms with E-state index in [2.05, 4.69) is 15.9 Å². The second kappa shape index (κ2) is 8.36. The third kappa shape index (κ3) is 4.94. The number of halogens is 1. The Morgan fingerprint density at radius 2 is 1.93 bits per heavy atom. The second-order valence-electron chi connectivity index (χ2n) is 6.42. The van der Waals surface area contributed by atoms with Gasteiger partial charge in [-0.1, -0.05) is 34.1 Å². The van der Waals surface area contributed by atoms with Gasteiger partial charge in [-0.05, 0) is 42.8 Å². The van der Waals surface area contributed by atoms with Crippen molar-refractivity contribution in [3.05, 3.63) is 64.3 Å². The summed E-state index contributed by atoms with van der Waals surface area (Å²) in [4.78, 5) is 12.2. The normalized spacial score (nSPS) is 11.5. The Morgan fingerprint density at radius 3 is 2.64 bits per heavy atom. The topological polar surface area (TPSA) is 76.8 Å². The molecule has 0 aliphatic heterocycles. The van der Waals surface area contributed by atoms with Gasteiger partial charge in [0.25, 0.3) is 0 Å². The molecule has 0 unspecified atom stereocenters. The summed E-state index contributed by atoms with van der Waals surface area (Å²) >= 11 is 3.41. The first-order valence-electron chi connectivity index (χ1n) is 8.61. The van der Waals surface area contributed by atoms with Crippen LogP contribution in [0.1, 0.15) is 11.3 Å². The number of fused-ring (bicyclic) bond motifs is 1. The number of carbonyl (C=O) groups is 1. The molecular weight excluding hydrogens is 446 g/mol. The summed E-state index contributed by atoms with van der Waals surface area (Å²) in [5.41, 5.74) is 1.98. The van der Waals surface area contributed by atoms with Crippen LogP contribution in [0.3, 0.4) is 0 Å². The zero-order chi connectivity index (χ0) is 20.3. The number of furan rings is 1. The maximum atomic E-state index is 12.2. The van der Waals surface area contributed by atoms with Crippen LogP contribution in [-0.4, -0.2) is 33.8 Å². The van der Waals surface area contributed by atoms with Gasteiger partial charge >= 0.3 is 5.97 Å². The molecule has 3 aromatic rings. The van der Waals surface area contributed by atoms with E-state index >= 15 is 0 Å². The number of para-hydroxylation sites is 1. The summed E-state index contributed by atoms with van der Waals surface area (Å²) in [6, 6.07) is 14.6. The number of nitrogens with zero attached hydrogens (tertiary/aromatic N) is 1. The Labute approximate surface area is 172 Å². The van der Waals surface area contributed by atoms with Crippen LogP contribution in [0.2, 0.25) is 0 Å². The molecule has 0 aliphatic carbocycles. The van der Waals surface area contributed by atoms with Crippen LogP contribution in [0.25, 0.3) is 11.0 Å². The molecule has 0 atom stereocenters. The summed E-state index contributed by atoms with van der Waals surface area (Å²) in [5.74, 6) is 0.0762. The molecule has 6 nitrogen and oxygen atoms in total. The molecule has 0 amide bonds. The molecule has 0 radical (unpaired) electrons. The molecular formula is C20H20BrNO5S. The van der Waals surface area contributed by atoms with Crippen LogP contribution >= 0.6 is 15.9 Å². The van der Waals surface area contributed by atoms with Crippen molar-refractivity contribution in [3.8, 4) is 0 Å². The molecule has 148 valence electrons. The third-order valence-electron chi connectivity index (χ3n) is 4.20. The Balaban J connectivity index is 1.62. The van der Waals surface area contributed by atoms with Crippen molar-refractivity contribution in [2.75, 3.05) is 23.7 Å². The Kier molecular flexibility index (Phi) is 6.10. The number of anilines is 1. The predicted octanol–water partition coefficient (Wildman–Crippen LogP) is 4.06. The summed E-state index contributed by atoms with van der Waals surface area (Å²) < 4.78 is 37.2. The number of hydrogen-bond donors (Lipinski definition) is 0. The first kappa shape index (κ1) is 20.4.